The Balaban J connectivity index is 2.58. The molecule has 13 heavy (non-hydrogen) atoms. The summed E-state index contributed by atoms with van der Waals surface area (Å²) in [6.45, 7) is 0. The van der Waals surface area contributed by atoms with Gasteiger partial charge in [0.15, 0.2) is 0 Å². The van der Waals surface area contributed by atoms with E-state index in [1.165, 1.54) is 7.05 Å². The third-order valence-electron chi connectivity index (χ3n) is 2.63. The molecule has 0 saturated heterocycles. The monoisotopic (exact) mass is 201 g/mol. The van der Waals surface area contributed by atoms with Crippen molar-refractivity contribution in [1.29, 1.82) is 0 Å². The zero-order chi connectivity index (χ0) is 9.64. The summed E-state index contributed by atoms with van der Waals surface area (Å²) in [5.74, 6) is -0.324. The number of carbonyl (C=O) groups excluding carboxylic acids is 1. The molecule has 0 bridgehead atoms. The van der Waals surface area contributed by atoms with Crippen LogP contribution in [0.3, 0.4) is 0 Å². The lowest BCUT2D eigenvalue weighted by molar-refractivity contribution is -0.121. The van der Waals surface area contributed by atoms with Gasteiger partial charge in [-0.05, 0) is 25.7 Å². The summed E-state index contributed by atoms with van der Waals surface area (Å²) >= 11 is 0. The number of hydrogen-bond acceptors (Lipinski definition) is 3. The van der Waals surface area contributed by atoms with E-state index in [0.717, 1.165) is 17.1 Å². The molecule has 2 rings (SSSR count). The molecule has 72 valence electrons. The molecule has 1 amide bonds. The van der Waals surface area contributed by atoms with Crippen LogP contribution in [-0.4, -0.2) is 25.7 Å². The lowest BCUT2D eigenvalue weighted by Gasteiger charge is -2.09. The van der Waals surface area contributed by atoms with Crippen LogP contribution in [0.1, 0.15) is 25.7 Å². The molecule has 0 unspecified atom stereocenters. The van der Waals surface area contributed by atoms with E-state index >= 15 is 0 Å². The van der Waals surface area contributed by atoms with Crippen LogP contribution in [0.25, 0.3) is 0 Å². The minimum atomic E-state index is -3.41. The van der Waals surface area contributed by atoms with Gasteiger partial charge in [0.2, 0.25) is 0 Å². The third kappa shape index (κ3) is 1.03. The molecule has 0 saturated carbocycles. The Morgan fingerprint density at radius 1 is 1.23 bits per heavy atom. The smallest absolute Gasteiger partial charge is 0.264 e. The van der Waals surface area contributed by atoms with Crippen molar-refractivity contribution in [3.05, 3.63) is 10.5 Å². The molecule has 0 N–H and O–H groups in total. The zero-order valence-electron chi connectivity index (χ0n) is 7.41. The summed E-state index contributed by atoms with van der Waals surface area (Å²) in [5.41, 5.74) is 0.522. The number of nitrogens with zero attached hydrogens (tertiary/aromatic N) is 1. The van der Waals surface area contributed by atoms with Crippen LogP contribution < -0.4 is 0 Å². The Labute approximate surface area is 77.3 Å². The molecule has 0 atom stereocenters. The molecule has 5 heteroatoms. The van der Waals surface area contributed by atoms with E-state index in [1.54, 1.807) is 0 Å². The number of carbonyl (C=O) groups is 1. The molecule has 1 aliphatic carbocycles. The molecular weight excluding hydrogens is 190 g/mol. The van der Waals surface area contributed by atoms with E-state index in [2.05, 4.69) is 0 Å². The van der Waals surface area contributed by atoms with Crippen LogP contribution in [0.2, 0.25) is 0 Å². The van der Waals surface area contributed by atoms with Crippen molar-refractivity contribution in [2.75, 3.05) is 7.05 Å². The maximum atomic E-state index is 11.6. The van der Waals surface area contributed by atoms with E-state index in [1.807, 2.05) is 0 Å². The SMILES string of the molecule is CN1C(=O)C2=C(CCCC2)S1(=O)=O. The molecule has 1 aliphatic heterocycles. The highest BCUT2D eigenvalue weighted by atomic mass is 32.2. The summed E-state index contributed by atoms with van der Waals surface area (Å²) in [6.07, 6.45) is 2.96. The first kappa shape index (κ1) is 8.74. The molecule has 0 spiro atoms. The minimum Gasteiger partial charge on any atom is -0.268 e. The first-order chi connectivity index (χ1) is 6.05. The van der Waals surface area contributed by atoms with Gasteiger partial charge in [-0.3, -0.25) is 4.79 Å². The molecule has 1 heterocycles. The van der Waals surface area contributed by atoms with Crippen LogP contribution in [0.5, 0.6) is 0 Å². The highest BCUT2D eigenvalue weighted by Crippen LogP contribution is 2.36. The Hall–Kier alpha value is -0.840. The second-order valence-corrected chi connectivity index (χ2v) is 5.38. The van der Waals surface area contributed by atoms with Crippen molar-refractivity contribution in [2.45, 2.75) is 25.7 Å². The largest absolute Gasteiger partial charge is 0.268 e. The van der Waals surface area contributed by atoms with Crippen LogP contribution in [0.4, 0.5) is 0 Å². The van der Waals surface area contributed by atoms with E-state index in [4.69, 9.17) is 0 Å². The fourth-order valence-electron chi connectivity index (χ4n) is 1.85. The van der Waals surface area contributed by atoms with Crippen molar-refractivity contribution < 1.29 is 13.2 Å². The molecule has 0 aromatic rings. The summed E-state index contributed by atoms with van der Waals surface area (Å²) in [4.78, 5) is 11.8. The van der Waals surface area contributed by atoms with Gasteiger partial charge in [-0.2, -0.15) is 0 Å². The van der Waals surface area contributed by atoms with Crippen molar-refractivity contribution in [1.82, 2.24) is 4.31 Å². The predicted molar refractivity (Wildman–Crippen MR) is 47.2 cm³/mol. The number of hydrogen-bond donors (Lipinski definition) is 0. The Morgan fingerprint density at radius 3 is 2.46 bits per heavy atom. The number of amides is 1. The first-order valence-corrected chi connectivity index (χ1v) is 5.74. The van der Waals surface area contributed by atoms with Crippen LogP contribution >= 0.6 is 0 Å². The topological polar surface area (TPSA) is 54.5 Å². The highest BCUT2D eigenvalue weighted by Gasteiger charge is 2.41. The lowest BCUT2D eigenvalue weighted by Crippen LogP contribution is -2.26. The first-order valence-electron chi connectivity index (χ1n) is 4.30. The van der Waals surface area contributed by atoms with E-state index < -0.39 is 10.0 Å². The van der Waals surface area contributed by atoms with E-state index in [9.17, 15) is 13.2 Å². The van der Waals surface area contributed by atoms with E-state index in [0.29, 0.717) is 23.3 Å². The van der Waals surface area contributed by atoms with Gasteiger partial charge in [0.25, 0.3) is 15.9 Å². The highest BCUT2D eigenvalue weighted by molar-refractivity contribution is 7.94. The van der Waals surface area contributed by atoms with Crippen molar-refractivity contribution >= 4 is 15.9 Å². The zero-order valence-corrected chi connectivity index (χ0v) is 8.23. The Morgan fingerprint density at radius 2 is 1.85 bits per heavy atom. The molecule has 4 nitrogen and oxygen atoms in total. The standard InChI is InChI=1S/C8H11NO3S/c1-9-8(10)6-4-2-3-5-7(6)13(9,11)12/h2-5H2,1H3. The third-order valence-corrected chi connectivity index (χ3v) is 4.59. The van der Waals surface area contributed by atoms with Gasteiger partial charge in [0.1, 0.15) is 0 Å². The molecule has 0 fully saturated rings. The predicted octanol–water partition coefficient (Wildman–Crippen LogP) is 0.616. The summed E-state index contributed by atoms with van der Waals surface area (Å²) in [5, 5.41) is 0. The summed E-state index contributed by atoms with van der Waals surface area (Å²) in [7, 11) is -2.08. The summed E-state index contributed by atoms with van der Waals surface area (Å²) in [6, 6.07) is 0. The minimum absolute atomic E-state index is 0.324. The summed E-state index contributed by atoms with van der Waals surface area (Å²) < 4.78 is 24.0. The maximum Gasteiger partial charge on any atom is 0.264 e. The van der Waals surface area contributed by atoms with Gasteiger partial charge in [-0.1, -0.05) is 0 Å². The van der Waals surface area contributed by atoms with Gasteiger partial charge in [0, 0.05) is 12.6 Å². The van der Waals surface area contributed by atoms with E-state index in [-0.39, 0.29) is 5.91 Å². The average molecular weight is 201 g/mol. The van der Waals surface area contributed by atoms with Gasteiger partial charge < -0.3 is 0 Å². The lowest BCUT2D eigenvalue weighted by atomic mass is 9.99. The fraction of sp³-hybridized carbons (Fsp3) is 0.625. The van der Waals surface area contributed by atoms with Gasteiger partial charge >= 0.3 is 0 Å². The molecule has 2 aliphatic rings. The van der Waals surface area contributed by atoms with Gasteiger partial charge in [-0.15, -0.1) is 0 Å². The fourth-order valence-corrected chi connectivity index (χ4v) is 3.42. The van der Waals surface area contributed by atoms with Crippen LogP contribution in [-0.2, 0) is 14.8 Å². The van der Waals surface area contributed by atoms with Crippen LogP contribution in [0, 0.1) is 0 Å². The van der Waals surface area contributed by atoms with Crippen LogP contribution in [0.15, 0.2) is 10.5 Å². The molecule has 0 aromatic carbocycles. The normalized spacial score (nSPS) is 26.5. The van der Waals surface area contributed by atoms with Crippen molar-refractivity contribution in [3.63, 3.8) is 0 Å². The van der Waals surface area contributed by atoms with Gasteiger partial charge in [-0.25, -0.2) is 12.7 Å². The molecular formula is C8H11NO3S. The van der Waals surface area contributed by atoms with Crippen molar-refractivity contribution in [3.8, 4) is 0 Å². The number of likely N-dealkylation sites (N-methyl/N-ethyl adjacent to an activating group) is 1. The number of rotatable bonds is 0. The Kier molecular flexibility index (Phi) is 1.73. The maximum absolute atomic E-state index is 11.6. The second kappa shape index (κ2) is 2.57. The molecule has 0 aromatic heterocycles. The number of sulfonamides is 1. The number of allylic oxidation sites excluding steroid dienone is 1. The average Bonchev–Trinajstić information content (AvgIpc) is 2.30. The van der Waals surface area contributed by atoms with Crippen molar-refractivity contribution in [2.24, 2.45) is 0 Å². The van der Waals surface area contributed by atoms with Gasteiger partial charge in [0.05, 0.1) is 4.91 Å². The quantitative estimate of drug-likeness (QED) is 0.577. The second-order valence-electron chi connectivity index (χ2n) is 3.39. The molecule has 0 radical (unpaired) electrons. The Bertz CT molecular complexity index is 394.